The lowest BCUT2D eigenvalue weighted by Gasteiger charge is -2.05. The van der Waals surface area contributed by atoms with Crippen LogP contribution in [0.5, 0.6) is 0 Å². The van der Waals surface area contributed by atoms with Gasteiger partial charge in [0, 0.05) is 0 Å². The lowest BCUT2D eigenvalue weighted by Crippen LogP contribution is -2.24. The number of carbonyl (C=O) groups excluding carboxylic acids is 1. The number of hydrogen-bond acceptors (Lipinski definition) is 2. The molecule has 0 atom stereocenters. The van der Waals surface area contributed by atoms with Gasteiger partial charge in [-0.1, -0.05) is 90.4 Å². The van der Waals surface area contributed by atoms with E-state index in [4.69, 9.17) is 0 Å². The van der Waals surface area contributed by atoms with Crippen molar-refractivity contribution in [3.8, 4) is 0 Å². The standard InChI is InChI=1S/C19H35F3OS/c1-2-3-4-5-6-7-8-9-10-11-12-13-14-15-16-24-17-18(23)19(20,21)22/h2-17H2,1H3. The minimum atomic E-state index is -4.66. The van der Waals surface area contributed by atoms with Crippen LogP contribution in [0, 0.1) is 0 Å². The van der Waals surface area contributed by atoms with Crippen LogP contribution in [0.3, 0.4) is 0 Å². The van der Waals surface area contributed by atoms with Crippen LogP contribution in [0.25, 0.3) is 0 Å². The molecule has 0 spiro atoms. The van der Waals surface area contributed by atoms with E-state index >= 15 is 0 Å². The molecule has 0 aliphatic heterocycles. The molecule has 0 bridgehead atoms. The summed E-state index contributed by atoms with van der Waals surface area (Å²) in [5, 5.41) is 0. The van der Waals surface area contributed by atoms with Crippen LogP contribution in [0.2, 0.25) is 0 Å². The second-order valence-corrected chi connectivity index (χ2v) is 7.67. The van der Waals surface area contributed by atoms with Crippen LogP contribution >= 0.6 is 11.8 Å². The minimum absolute atomic E-state index is 0.429. The fourth-order valence-electron chi connectivity index (χ4n) is 2.65. The summed E-state index contributed by atoms with van der Waals surface area (Å²) in [4.78, 5) is 10.7. The summed E-state index contributed by atoms with van der Waals surface area (Å²) in [6.07, 6.45) is 13.2. The maximum Gasteiger partial charge on any atom is 0.450 e. The van der Waals surface area contributed by atoms with Gasteiger partial charge in [-0.2, -0.15) is 24.9 Å². The van der Waals surface area contributed by atoms with Gasteiger partial charge in [0.15, 0.2) is 0 Å². The van der Waals surface area contributed by atoms with Crippen molar-refractivity contribution < 1.29 is 18.0 Å². The molecule has 0 aliphatic rings. The lowest BCUT2D eigenvalue weighted by atomic mass is 10.0. The third-order valence-corrected chi connectivity index (χ3v) is 5.24. The van der Waals surface area contributed by atoms with Crippen LogP contribution in [-0.4, -0.2) is 23.5 Å². The van der Waals surface area contributed by atoms with E-state index in [1.807, 2.05) is 0 Å². The monoisotopic (exact) mass is 368 g/mol. The normalized spacial score (nSPS) is 11.8. The number of thioether (sulfide) groups is 1. The van der Waals surface area contributed by atoms with Gasteiger partial charge in [0.1, 0.15) is 0 Å². The van der Waals surface area contributed by atoms with E-state index in [1.54, 1.807) is 0 Å². The highest BCUT2D eigenvalue weighted by Crippen LogP contribution is 2.19. The van der Waals surface area contributed by atoms with Gasteiger partial charge in [-0.15, -0.1) is 0 Å². The van der Waals surface area contributed by atoms with Gasteiger partial charge in [-0.25, -0.2) is 0 Å². The van der Waals surface area contributed by atoms with Crippen molar-refractivity contribution in [2.24, 2.45) is 0 Å². The van der Waals surface area contributed by atoms with Crippen molar-refractivity contribution in [2.75, 3.05) is 11.5 Å². The summed E-state index contributed by atoms with van der Waals surface area (Å²) in [7, 11) is 0. The molecule has 0 aromatic carbocycles. The van der Waals surface area contributed by atoms with Crippen molar-refractivity contribution in [3.05, 3.63) is 0 Å². The zero-order valence-electron chi connectivity index (χ0n) is 15.3. The van der Waals surface area contributed by atoms with Crippen molar-refractivity contribution in [3.63, 3.8) is 0 Å². The number of Topliss-reactive ketones (excluding diaryl/α,β-unsaturated/α-hetero) is 1. The molecule has 0 radical (unpaired) electrons. The number of carbonyl (C=O) groups is 1. The first kappa shape index (κ1) is 23.8. The van der Waals surface area contributed by atoms with Crippen LogP contribution in [-0.2, 0) is 4.79 Å². The highest BCUT2D eigenvalue weighted by molar-refractivity contribution is 7.99. The minimum Gasteiger partial charge on any atom is -0.289 e. The van der Waals surface area contributed by atoms with Crippen LogP contribution in [0.15, 0.2) is 0 Å². The third-order valence-electron chi connectivity index (χ3n) is 4.19. The molecule has 0 aliphatic carbocycles. The average Bonchev–Trinajstić information content (AvgIpc) is 2.53. The Bertz CT molecular complexity index is 293. The zero-order chi connectivity index (χ0) is 18.1. The number of ketones is 1. The van der Waals surface area contributed by atoms with Crippen LogP contribution in [0.1, 0.15) is 96.8 Å². The maximum absolute atomic E-state index is 12.0. The first-order valence-corrected chi connectivity index (χ1v) is 10.8. The predicted octanol–water partition coefficient (Wildman–Crippen LogP) is 7.33. The van der Waals surface area contributed by atoms with Gasteiger partial charge < -0.3 is 0 Å². The summed E-state index contributed by atoms with van der Waals surface area (Å²) in [5.74, 6) is -1.39. The Morgan fingerprint density at radius 1 is 0.708 bits per heavy atom. The summed E-state index contributed by atoms with van der Waals surface area (Å²) >= 11 is 1.10. The maximum atomic E-state index is 12.0. The molecule has 0 unspecified atom stereocenters. The summed E-state index contributed by atoms with van der Waals surface area (Å²) in [6, 6.07) is 0. The topological polar surface area (TPSA) is 17.1 Å². The molecule has 0 rings (SSSR count). The fraction of sp³-hybridized carbons (Fsp3) is 0.947. The number of alkyl halides is 3. The summed E-state index contributed by atoms with van der Waals surface area (Å²) in [5.41, 5.74) is 0. The number of hydrogen-bond donors (Lipinski definition) is 0. The third kappa shape index (κ3) is 16.7. The Morgan fingerprint density at radius 3 is 1.46 bits per heavy atom. The first-order valence-electron chi connectivity index (χ1n) is 9.66. The molecule has 0 aromatic heterocycles. The highest BCUT2D eigenvalue weighted by atomic mass is 32.2. The largest absolute Gasteiger partial charge is 0.450 e. The van der Waals surface area contributed by atoms with E-state index in [-0.39, 0.29) is 0 Å². The van der Waals surface area contributed by atoms with Gasteiger partial charge in [0.2, 0.25) is 5.78 Å². The molecule has 144 valence electrons. The molecule has 0 saturated carbocycles. The van der Waals surface area contributed by atoms with E-state index in [2.05, 4.69) is 6.92 Å². The molecular formula is C19H35F3OS. The molecule has 5 heteroatoms. The Balaban J connectivity index is 3.12. The number of rotatable bonds is 17. The molecule has 0 heterocycles. The number of unbranched alkanes of at least 4 members (excludes halogenated alkanes) is 13. The second-order valence-electron chi connectivity index (χ2n) is 6.57. The lowest BCUT2D eigenvalue weighted by molar-refractivity contribution is -0.167. The Kier molecular flexibility index (Phi) is 16.2. The van der Waals surface area contributed by atoms with Crippen molar-refractivity contribution in [1.82, 2.24) is 0 Å². The smallest absolute Gasteiger partial charge is 0.289 e. The van der Waals surface area contributed by atoms with E-state index in [0.717, 1.165) is 31.0 Å². The van der Waals surface area contributed by atoms with E-state index in [0.29, 0.717) is 5.75 Å². The molecular weight excluding hydrogens is 333 g/mol. The van der Waals surface area contributed by atoms with E-state index < -0.39 is 17.7 Å². The van der Waals surface area contributed by atoms with Crippen LogP contribution in [0.4, 0.5) is 13.2 Å². The van der Waals surface area contributed by atoms with Crippen molar-refractivity contribution in [1.29, 1.82) is 0 Å². The Labute approximate surface area is 150 Å². The molecule has 0 aromatic rings. The molecule has 0 fully saturated rings. The molecule has 0 N–H and O–H groups in total. The van der Waals surface area contributed by atoms with Gasteiger partial charge in [0.05, 0.1) is 5.75 Å². The van der Waals surface area contributed by atoms with Crippen molar-refractivity contribution >= 4 is 17.5 Å². The van der Waals surface area contributed by atoms with Gasteiger partial charge in [0.25, 0.3) is 0 Å². The van der Waals surface area contributed by atoms with Crippen LogP contribution < -0.4 is 0 Å². The van der Waals surface area contributed by atoms with E-state index in [1.165, 1.54) is 70.6 Å². The highest BCUT2D eigenvalue weighted by Gasteiger charge is 2.37. The quantitative estimate of drug-likeness (QED) is 0.250. The molecule has 24 heavy (non-hydrogen) atoms. The SMILES string of the molecule is CCCCCCCCCCCCCCCCSCC(=O)C(F)(F)F. The van der Waals surface area contributed by atoms with Crippen molar-refractivity contribution in [2.45, 2.75) is 103 Å². The first-order chi connectivity index (χ1) is 11.5. The fourth-order valence-corrected chi connectivity index (χ4v) is 3.55. The number of halogens is 3. The summed E-state index contributed by atoms with van der Waals surface area (Å²) in [6.45, 7) is 2.24. The second kappa shape index (κ2) is 16.3. The average molecular weight is 369 g/mol. The molecule has 0 saturated heterocycles. The Morgan fingerprint density at radius 2 is 1.08 bits per heavy atom. The van der Waals surface area contributed by atoms with Gasteiger partial charge in [-0.3, -0.25) is 4.79 Å². The molecule has 1 nitrogen and oxygen atoms in total. The van der Waals surface area contributed by atoms with Gasteiger partial charge in [-0.05, 0) is 12.2 Å². The summed E-state index contributed by atoms with van der Waals surface area (Å²) < 4.78 is 35.9. The zero-order valence-corrected chi connectivity index (χ0v) is 16.1. The Hall–Kier alpha value is -0.190. The molecule has 0 amide bonds. The van der Waals surface area contributed by atoms with E-state index in [9.17, 15) is 18.0 Å². The van der Waals surface area contributed by atoms with Gasteiger partial charge >= 0.3 is 6.18 Å². The predicted molar refractivity (Wildman–Crippen MR) is 98.7 cm³/mol.